The maximum absolute atomic E-state index is 11.8. The van der Waals surface area contributed by atoms with Crippen LogP contribution in [-0.4, -0.2) is 25.8 Å². The van der Waals surface area contributed by atoms with E-state index in [-0.39, 0.29) is 11.4 Å². The Morgan fingerprint density at radius 2 is 2.11 bits per heavy atom. The molecule has 0 saturated heterocycles. The van der Waals surface area contributed by atoms with E-state index >= 15 is 0 Å². The van der Waals surface area contributed by atoms with E-state index in [0.717, 1.165) is 6.20 Å². The molecule has 0 aliphatic carbocycles. The Kier molecular flexibility index (Phi) is 3.42. The fourth-order valence-electron chi connectivity index (χ4n) is 1.33. The predicted octanol–water partition coefficient (Wildman–Crippen LogP) is 1.34. The second-order valence-electron chi connectivity index (χ2n) is 3.66. The third-order valence-electron chi connectivity index (χ3n) is 2.19. The Labute approximate surface area is 107 Å². The summed E-state index contributed by atoms with van der Waals surface area (Å²) in [6.07, 6.45) is 3.98. The molecular weight excluding hydrogens is 250 g/mol. The van der Waals surface area contributed by atoms with Crippen LogP contribution in [0.2, 0.25) is 0 Å². The summed E-state index contributed by atoms with van der Waals surface area (Å²) in [6, 6.07) is 2.49. The molecule has 0 aliphatic rings. The van der Waals surface area contributed by atoms with E-state index in [4.69, 9.17) is 0 Å². The molecule has 0 fully saturated rings. The standard InChI is InChI=1S/C11H9N5O3/c1-7-4-12-6-10(14-7)15-11(17)9-3-2-8(5-13-9)16(18)19/h2-6H,1H3,(H,14,15,17). The zero-order chi connectivity index (χ0) is 13.8. The summed E-state index contributed by atoms with van der Waals surface area (Å²) in [4.78, 5) is 33.3. The van der Waals surface area contributed by atoms with Crippen LogP contribution in [-0.2, 0) is 0 Å². The maximum Gasteiger partial charge on any atom is 0.287 e. The molecule has 8 nitrogen and oxygen atoms in total. The summed E-state index contributed by atoms with van der Waals surface area (Å²) in [7, 11) is 0. The van der Waals surface area contributed by atoms with E-state index in [0.29, 0.717) is 11.5 Å². The Hall–Kier alpha value is -2.90. The van der Waals surface area contributed by atoms with Gasteiger partial charge < -0.3 is 5.32 Å². The molecule has 8 heteroatoms. The molecular formula is C11H9N5O3. The molecule has 96 valence electrons. The van der Waals surface area contributed by atoms with Gasteiger partial charge in [0.25, 0.3) is 11.6 Å². The summed E-state index contributed by atoms with van der Waals surface area (Å²) >= 11 is 0. The SMILES string of the molecule is Cc1cncc(NC(=O)c2ccc([N+](=O)[O-])cn2)n1. The molecule has 0 radical (unpaired) electrons. The van der Waals surface area contributed by atoms with Crippen LogP contribution in [0.3, 0.4) is 0 Å². The van der Waals surface area contributed by atoms with Crippen molar-refractivity contribution in [2.24, 2.45) is 0 Å². The first kappa shape index (κ1) is 12.6. The van der Waals surface area contributed by atoms with Crippen LogP contribution in [0.25, 0.3) is 0 Å². The zero-order valence-electron chi connectivity index (χ0n) is 9.90. The minimum Gasteiger partial charge on any atom is -0.304 e. The Bertz CT molecular complexity index is 626. The van der Waals surface area contributed by atoms with Gasteiger partial charge in [0.05, 0.1) is 16.8 Å². The Morgan fingerprint density at radius 1 is 1.32 bits per heavy atom. The van der Waals surface area contributed by atoms with Gasteiger partial charge in [-0.15, -0.1) is 0 Å². The average molecular weight is 259 g/mol. The lowest BCUT2D eigenvalue weighted by molar-refractivity contribution is -0.385. The first-order valence-electron chi connectivity index (χ1n) is 5.27. The molecule has 2 heterocycles. The third-order valence-corrected chi connectivity index (χ3v) is 2.19. The second kappa shape index (κ2) is 5.17. The van der Waals surface area contributed by atoms with Crippen LogP contribution < -0.4 is 5.32 Å². The molecule has 0 unspecified atom stereocenters. The fraction of sp³-hybridized carbons (Fsp3) is 0.0909. The van der Waals surface area contributed by atoms with Gasteiger partial charge in [-0.25, -0.2) is 9.97 Å². The van der Waals surface area contributed by atoms with E-state index in [1.807, 2.05) is 0 Å². The number of nitrogens with zero attached hydrogens (tertiary/aromatic N) is 4. The first-order chi connectivity index (χ1) is 9.06. The molecule has 2 aromatic heterocycles. The Morgan fingerprint density at radius 3 is 2.68 bits per heavy atom. The van der Waals surface area contributed by atoms with Crippen molar-refractivity contribution in [3.63, 3.8) is 0 Å². The van der Waals surface area contributed by atoms with Gasteiger partial charge >= 0.3 is 0 Å². The molecule has 2 aromatic rings. The average Bonchev–Trinajstić information content (AvgIpc) is 2.39. The first-order valence-corrected chi connectivity index (χ1v) is 5.27. The highest BCUT2D eigenvalue weighted by Crippen LogP contribution is 2.10. The van der Waals surface area contributed by atoms with Gasteiger partial charge in [-0.1, -0.05) is 0 Å². The largest absolute Gasteiger partial charge is 0.304 e. The van der Waals surface area contributed by atoms with E-state index in [1.165, 1.54) is 18.3 Å². The van der Waals surface area contributed by atoms with Gasteiger partial charge in [-0.2, -0.15) is 0 Å². The van der Waals surface area contributed by atoms with Crippen LogP contribution in [0, 0.1) is 17.0 Å². The lowest BCUT2D eigenvalue weighted by Gasteiger charge is -2.03. The quantitative estimate of drug-likeness (QED) is 0.657. The van der Waals surface area contributed by atoms with Gasteiger partial charge in [-0.05, 0) is 13.0 Å². The van der Waals surface area contributed by atoms with Crippen LogP contribution >= 0.6 is 0 Å². The lowest BCUT2D eigenvalue weighted by Crippen LogP contribution is -2.15. The summed E-state index contributed by atoms with van der Waals surface area (Å²) in [5.74, 6) is -0.208. The number of carbonyl (C=O) groups is 1. The topological polar surface area (TPSA) is 111 Å². The minimum absolute atomic E-state index is 0.0638. The number of pyridine rings is 1. The van der Waals surface area contributed by atoms with E-state index in [2.05, 4.69) is 20.3 Å². The summed E-state index contributed by atoms with van der Waals surface area (Å²) in [5, 5.41) is 13.0. The normalized spacial score (nSPS) is 9.95. The molecule has 0 saturated carbocycles. The highest BCUT2D eigenvalue weighted by Gasteiger charge is 2.11. The number of rotatable bonds is 3. The fourth-order valence-corrected chi connectivity index (χ4v) is 1.33. The highest BCUT2D eigenvalue weighted by molar-refractivity contribution is 6.02. The van der Waals surface area contributed by atoms with E-state index in [1.54, 1.807) is 13.1 Å². The monoisotopic (exact) mass is 259 g/mol. The second-order valence-corrected chi connectivity index (χ2v) is 3.66. The van der Waals surface area contributed by atoms with Crippen molar-refractivity contribution < 1.29 is 9.72 Å². The van der Waals surface area contributed by atoms with Crippen molar-refractivity contribution in [3.05, 3.63) is 52.2 Å². The number of aryl methyl sites for hydroxylation is 1. The smallest absolute Gasteiger partial charge is 0.287 e. The lowest BCUT2D eigenvalue weighted by atomic mass is 10.3. The molecule has 0 atom stereocenters. The number of nitrogens with one attached hydrogen (secondary N) is 1. The van der Waals surface area contributed by atoms with E-state index < -0.39 is 10.8 Å². The number of hydrogen-bond acceptors (Lipinski definition) is 6. The predicted molar refractivity (Wildman–Crippen MR) is 65.6 cm³/mol. The van der Waals surface area contributed by atoms with Crippen LogP contribution in [0.4, 0.5) is 11.5 Å². The minimum atomic E-state index is -0.583. The number of aromatic nitrogens is 3. The van der Waals surface area contributed by atoms with Crippen molar-refractivity contribution in [1.82, 2.24) is 15.0 Å². The molecule has 0 aliphatic heterocycles. The summed E-state index contributed by atoms with van der Waals surface area (Å²) < 4.78 is 0. The molecule has 0 spiro atoms. The molecule has 2 rings (SSSR count). The van der Waals surface area contributed by atoms with Crippen LogP contribution in [0.1, 0.15) is 16.2 Å². The van der Waals surface area contributed by atoms with Crippen molar-refractivity contribution in [2.75, 3.05) is 5.32 Å². The van der Waals surface area contributed by atoms with Crippen molar-refractivity contribution in [1.29, 1.82) is 0 Å². The van der Waals surface area contributed by atoms with E-state index in [9.17, 15) is 14.9 Å². The summed E-state index contributed by atoms with van der Waals surface area (Å²) in [6.45, 7) is 1.74. The highest BCUT2D eigenvalue weighted by atomic mass is 16.6. The number of anilines is 1. The van der Waals surface area contributed by atoms with Crippen LogP contribution in [0.15, 0.2) is 30.7 Å². The van der Waals surface area contributed by atoms with Crippen molar-refractivity contribution in [3.8, 4) is 0 Å². The van der Waals surface area contributed by atoms with Crippen LogP contribution in [0.5, 0.6) is 0 Å². The number of hydrogen-bond donors (Lipinski definition) is 1. The number of nitro groups is 1. The summed E-state index contributed by atoms with van der Waals surface area (Å²) in [5.41, 5.74) is 0.551. The molecule has 1 N–H and O–H groups in total. The Balaban J connectivity index is 2.14. The third kappa shape index (κ3) is 3.06. The number of amides is 1. The van der Waals surface area contributed by atoms with Gasteiger partial charge in [0.1, 0.15) is 11.9 Å². The number of carbonyl (C=O) groups excluding carboxylic acids is 1. The van der Waals surface area contributed by atoms with Gasteiger partial charge in [0, 0.05) is 12.3 Å². The zero-order valence-corrected chi connectivity index (χ0v) is 9.90. The molecule has 0 aromatic carbocycles. The van der Waals surface area contributed by atoms with Crippen molar-refractivity contribution in [2.45, 2.75) is 6.92 Å². The molecule has 1 amide bonds. The molecule has 0 bridgehead atoms. The molecule has 19 heavy (non-hydrogen) atoms. The van der Waals surface area contributed by atoms with Gasteiger partial charge in [0.15, 0.2) is 5.82 Å². The maximum atomic E-state index is 11.8. The van der Waals surface area contributed by atoms with Gasteiger partial charge in [-0.3, -0.25) is 19.9 Å². The van der Waals surface area contributed by atoms with Gasteiger partial charge in [0.2, 0.25) is 0 Å². The van der Waals surface area contributed by atoms with Crippen molar-refractivity contribution >= 4 is 17.4 Å².